The van der Waals surface area contributed by atoms with Crippen molar-refractivity contribution in [2.24, 2.45) is 0 Å². The van der Waals surface area contributed by atoms with E-state index in [-0.39, 0.29) is 33.1 Å². The van der Waals surface area contributed by atoms with E-state index in [2.05, 4.69) is 5.32 Å². The molecule has 0 unspecified atom stereocenters. The summed E-state index contributed by atoms with van der Waals surface area (Å²) in [5.74, 6) is -1.49. The lowest BCUT2D eigenvalue weighted by Gasteiger charge is -2.06. The maximum Gasteiger partial charge on any atom is 0.289 e. The smallest absolute Gasteiger partial charge is 0.289 e. The highest BCUT2D eigenvalue weighted by atomic mass is 35.5. The van der Waals surface area contributed by atoms with Crippen LogP contribution in [0.5, 0.6) is 0 Å². The Bertz CT molecular complexity index is 957. The molecule has 0 spiro atoms. The number of nitrogens with zero attached hydrogens (tertiary/aromatic N) is 2. The fourth-order valence-electron chi connectivity index (χ4n) is 2.44. The van der Waals surface area contributed by atoms with Gasteiger partial charge < -0.3 is 5.32 Å². The molecule has 0 aromatic heterocycles. The largest absolute Gasteiger partial charge is 0.322 e. The van der Waals surface area contributed by atoms with E-state index < -0.39 is 22.6 Å². The first-order valence-corrected chi connectivity index (χ1v) is 7.39. The van der Waals surface area contributed by atoms with E-state index in [1.54, 1.807) is 0 Å². The third-order valence-electron chi connectivity index (χ3n) is 3.75. The molecule has 3 rings (SSSR count). The molecule has 0 saturated carbocycles. The third-order valence-corrected chi connectivity index (χ3v) is 4.07. The molecule has 8 nitrogen and oxygen atoms in total. The number of hydrogen-bond acceptors (Lipinski definition) is 5. The van der Waals surface area contributed by atoms with Gasteiger partial charge in [-0.2, -0.15) is 0 Å². The number of anilines is 1. The Balaban J connectivity index is 1.89. The molecule has 1 aliphatic rings. The van der Waals surface area contributed by atoms with Crippen LogP contribution in [-0.2, 0) is 0 Å². The number of nitro groups is 1. The van der Waals surface area contributed by atoms with Crippen molar-refractivity contribution in [3.63, 3.8) is 0 Å². The molecule has 0 saturated heterocycles. The predicted molar refractivity (Wildman–Crippen MR) is 88.9 cm³/mol. The van der Waals surface area contributed by atoms with Crippen LogP contribution in [0.2, 0.25) is 5.02 Å². The standard InChI is InChI=1S/C16H10ClN3O5/c1-19-15(22)10-4-2-8(6-11(10)16(19)23)14(21)18-9-3-5-12(17)13(7-9)20(24)25/h2-7H,1H3,(H,18,21). The SMILES string of the molecule is CN1C(=O)c2ccc(C(=O)Nc3ccc(Cl)c([N+](=O)[O-])c3)cc2C1=O. The second-order valence-corrected chi connectivity index (χ2v) is 5.71. The molecule has 0 fully saturated rings. The van der Waals surface area contributed by atoms with Crippen molar-refractivity contribution in [1.82, 2.24) is 4.90 Å². The molecule has 3 amide bonds. The lowest BCUT2D eigenvalue weighted by Crippen LogP contribution is -2.24. The Labute approximate surface area is 146 Å². The van der Waals surface area contributed by atoms with Crippen molar-refractivity contribution in [2.45, 2.75) is 0 Å². The zero-order chi connectivity index (χ0) is 18.3. The molecule has 1 heterocycles. The van der Waals surface area contributed by atoms with Gasteiger partial charge in [-0.15, -0.1) is 0 Å². The first kappa shape index (κ1) is 16.6. The fourth-order valence-corrected chi connectivity index (χ4v) is 2.62. The van der Waals surface area contributed by atoms with Gasteiger partial charge in [0, 0.05) is 24.4 Å². The zero-order valence-electron chi connectivity index (χ0n) is 12.8. The Morgan fingerprint density at radius 2 is 1.80 bits per heavy atom. The van der Waals surface area contributed by atoms with E-state index in [1.165, 1.54) is 37.4 Å². The molecule has 2 aromatic rings. The van der Waals surface area contributed by atoms with Crippen LogP contribution in [0.3, 0.4) is 0 Å². The zero-order valence-corrected chi connectivity index (χ0v) is 13.5. The fraction of sp³-hybridized carbons (Fsp3) is 0.0625. The van der Waals surface area contributed by atoms with Gasteiger partial charge in [0.25, 0.3) is 23.4 Å². The number of nitrogens with one attached hydrogen (secondary N) is 1. The summed E-state index contributed by atoms with van der Waals surface area (Å²) in [4.78, 5) is 47.3. The van der Waals surface area contributed by atoms with Gasteiger partial charge in [0.1, 0.15) is 5.02 Å². The molecule has 25 heavy (non-hydrogen) atoms. The number of hydrogen-bond donors (Lipinski definition) is 1. The van der Waals surface area contributed by atoms with Gasteiger partial charge >= 0.3 is 0 Å². The van der Waals surface area contributed by atoms with E-state index >= 15 is 0 Å². The summed E-state index contributed by atoms with van der Waals surface area (Å²) in [7, 11) is 1.36. The van der Waals surface area contributed by atoms with Crippen molar-refractivity contribution in [1.29, 1.82) is 0 Å². The summed E-state index contributed by atoms with van der Waals surface area (Å²) in [6.45, 7) is 0. The van der Waals surface area contributed by atoms with Crippen LogP contribution in [0, 0.1) is 10.1 Å². The van der Waals surface area contributed by atoms with Crippen molar-refractivity contribution in [3.05, 3.63) is 68.2 Å². The topological polar surface area (TPSA) is 110 Å². The number of fused-ring (bicyclic) bond motifs is 1. The summed E-state index contributed by atoms with van der Waals surface area (Å²) < 4.78 is 0. The van der Waals surface area contributed by atoms with E-state index in [0.29, 0.717) is 0 Å². The number of rotatable bonds is 3. The van der Waals surface area contributed by atoms with Crippen LogP contribution in [0.4, 0.5) is 11.4 Å². The Morgan fingerprint density at radius 3 is 2.48 bits per heavy atom. The molecular formula is C16H10ClN3O5. The van der Waals surface area contributed by atoms with Crippen molar-refractivity contribution in [2.75, 3.05) is 12.4 Å². The van der Waals surface area contributed by atoms with Crippen LogP contribution in [0.25, 0.3) is 0 Å². The molecule has 0 bridgehead atoms. The van der Waals surface area contributed by atoms with Crippen LogP contribution < -0.4 is 5.32 Å². The molecule has 2 aromatic carbocycles. The number of amides is 3. The first-order chi connectivity index (χ1) is 11.8. The van der Waals surface area contributed by atoms with Gasteiger partial charge in [-0.25, -0.2) is 0 Å². The highest BCUT2D eigenvalue weighted by Crippen LogP contribution is 2.28. The molecular weight excluding hydrogens is 350 g/mol. The van der Waals surface area contributed by atoms with Gasteiger partial charge in [0.15, 0.2) is 0 Å². The maximum absolute atomic E-state index is 12.3. The number of carbonyl (C=O) groups excluding carboxylic acids is 3. The van der Waals surface area contributed by atoms with Crippen molar-refractivity contribution in [3.8, 4) is 0 Å². The molecule has 0 aliphatic carbocycles. The van der Waals surface area contributed by atoms with Crippen LogP contribution >= 0.6 is 11.6 Å². The number of imide groups is 1. The van der Waals surface area contributed by atoms with Crippen molar-refractivity contribution >= 4 is 40.7 Å². The quantitative estimate of drug-likeness (QED) is 0.514. The maximum atomic E-state index is 12.3. The molecule has 1 N–H and O–H groups in total. The predicted octanol–water partition coefficient (Wildman–Crippen LogP) is 2.73. The second kappa shape index (κ2) is 5.99. The van der Waals surface area contributed by atoms with Gasteiger partial charge in [0.2, 0.25) is 0 Å². The number of carbonyl (C=O) groups is 3. The minimum absolute atomic E-state index is 0.0484. The molecule has 126 valence electrons. The summed E-state index contributed by atoms with van der Waals surface area (Å²) in [6, 6.07) is 7.98. The van der Waals surface area contributed by atoms with Gasteiger partial charge in [-0.1, -0.05) is 11.6 Å². The molecule has 0 atom stereocenters. The summed E-state index contributed by atoms with van der Waals surface area (Å²) in [5.41, 5.74) is 0.359. The van der Waals surface area contributed by atoms with Gasteiger partial charge in [-0.3, -0.25) is 29.4 Å². The highest BCUT2D eigenvalue weighted by molar-refractivity contribution is 6.32. The van der Waals surface area contributed by atoms with Crippen LogP contribution in [0.1, 0.15) is 31.1 Å². The third kappa shape index (κ3) is 2.83. The van der Waals surface area contributed by atoms with Gasteiger partial charge in [-0.05, 0) is 30.3 Å². The molecule has 0 radical (unpaired) electrons. The van der Waals surface area contributed by atoms with E-state index in [9.17, 15) is 24.5 Å². The Morgan fingerprint density at radius 1 is 1.12 bits per heavy atom. The van der Waals surface area contributed by atoms with Crippen LogP contribution in [0.15, 0.2) is 36.4 Å². The van der Waals surface area contributed by atoms with Gasteiger partial charge in [0.05, 0.1) is 16.1 Å². The van der Waals surface area contributed by atoms with Crippen LogP contribution in [-0.4, -0.2) is 34.6 Å². The lowest BCUT2D eigenvalue weighted by atomic mass is 10.1. The normalized spacial score (nSPS) is 13.0. The lowest BCUT2D eigenvalue weighted by molar-refractivity contribution is -0.384. The minimum Gasteiger partial charge on any atom is -0.322 e. The second-order valence-electron chi connectivity index (χ2n) is 5.31. The average molecular weight is 360 g/mol. The molecule has 1 aliphatic heterocycles. The Kier molecular flexibility index (Phi) is 3.97. The van der Waals surface area contributed by atoms with E-state index in [0.717, 1.165) is 11.0 Å². The molecule has 9 heteroatoms. The van der Waals surface area contributed by atoms with E-state index in [4.69, 9.17) is 11.6 Å². The highest BCUT2D eigenvalue weighted by Gasteiger charge is 2.33. The average Bonchev–Trinajstić information content (AvgIpc) is 2.80. The summed E-state index contributed by atoms with van der Waals surface area (Å²) in [6.07, 6.45) is 0. The first-order valence-electron chi connectivity index (χ1n) is 7.01. The van der Waals surface area contributed by atoms with Crippen molar-refractivity contribution < 1.29 is 19.3 Å². The number of nitro benzene ring substituents is 1. The minimum atomic E-state index is -0.659. The summed E-state index contributed by atoms with van der Waals surface area (Å²) >= 11 is 5.72. The van der Waals surface area contributed by atoms with E-state index in [1.807, 2.05) is 0 Å². The number of benzene rings is 2. The Hall–Kier alpha value is -3.26. The number of halogens is 1. The summed E-state index contributed by atoms with van der Waals surface area (Å²) in [5, 5.41) is 13.3. The monoisotopic (exact) mass is 359 g/mol.